The first-order chi connectivity index (χ1) is 6.29. The number of hydrogen-bond acceptors (Lipinski definition) is 3. The van der Waals surface area contributed by atoms with Crippen LogP contribution < -0.4 is 4.74 Å². The summed E-state index contributed by atoms with van der Waals surface area (Å²) in [4.78, 5) is 17.3. The minimum atomic E-state index is 0.407. The lowest BCUT2D eigenvalue weighted by atomic mass is 10.3. The van der Waals surface area contributed by atoms with Crippen LogP contribution in [0.25, 0.3) is 11.0 Å². The van der Waals surface area contributed by atoms with Crippen molar-refractivity contribution in [2.24, 2.45) is 0 Å². The molecule has 13 heavy (non-hydrogen) atoms. The first-order valence-electron chi connectivity index (χ1n) is 3.86. The van der Waals surface area contributed by atoms with Crippen LogP contribution in [-0.4, -0.2) is 16.4 Å². The molecule has 0 unspecified atom stereocenters. The Balaban J connectivity index is 2.54. The number of rotatable bonds is 2. The SMILES string of the molecule is Cc1nc2ccc(OC=O)cc2[nH]1. The van der Waals surface area contributed by atoms with Gasteiger partial charge in [-0.15, -0.1) is 0 Å². The van der Waals surface area contributed by atoms with Gasteiger partial charge in [0.25, 0.3) is 6.47 Å². The summed E-state index contributed by atoms with van der Waals surface area (Å²) in [6.45, 7) is 2.28. The molecule has 0 aliphatic carbocycles. The maximum atomic E-state index is 10.1. The van der Waals surface area contributed by atoms with E-state index < -0.39 is 0 Å². The van der Waals surface area contributed by atoms with Gasteiger partial charge in [0.2, 0.25) is 0 Å². The van der Waals surface area contributed by atoms with Crippen molar-refractivity contribution in [3.8, 4) is 5.75 Å². The van der Waals surface area contributed by atoms with Gasteiger partial charge in [-0.3, -0.25) is 4.79 Å². The van der Waals surface area contributed by atoms with Crippen LogP contribution in [-0.2, 0) is 4.79 Å². The second-order valence-corrected chi connectivity index (χ2v) is 2.72. The van der Waals surface area contributed by atoms with Crippen molar-refractivity contribution in [3.63, 3.8) is 0 Å². The molecule has 0 saturated heterocycles. The number of fused-ring (bicyclic) bond motifs is 1. The Morgan fingerprint density at radius 3 is 3.15 bits per heavy atom. The van der Waals surface area contributed by atoms with Crippen LogP contribution in [0.5, 0.6) is 5.75 Å². The first-order valence-corrected chi connectivity index (χ1v) is 3.86. The molecule has 4 heteroatoms. The van der Waals surface area contributed by atoms with Gasteiger partial charge in [-0.05, 0) is 19.1 Å². The monoisotopic (exact) mass is 176 g/mol. The van der Waals surface area contributed by atoms with Gasteiger partial charge in [0.1, 0.15) is 11.6 Å². The molecule has 0 fully saturated rings. The molecule has 0 aliphatic rings. The summed E-state index contributed by atoms with van der Waals surface area (Å²) in [6.07, 6.45) is 0. The van der Waals surface area contributed by atoms with E-state index in [1.54, 1.807) is 18.2 Å². The smallest absolute Gasteiger partial charge is 0.298 e. The van der Waals surface area contributed by atoms with E-state index in [9.17, 15) is 4.79 Å². The average molecular weight is 176 g/mol. The number of carbonyl (C=O) groups excluding carboxylic acids is 1. The zero-order valence-corrected chi connectivity index (χ0v) is 7.07. The largest absolute Gasteiger partial charge is 0.429 e. The van der Waals surface area contributed by atoms with Crippen LogP contribution in [0.2, 0.25) is 0 Å². The molecule has 2 aromatic rings. The lowest BCUT2D eigenvalue weighted by Gasteiger charge is -1.95. The topological polar surface area (TPSA) is 55.0 Å². The Hall–Kier alpha value is -1.84. The van der Waals surface area contributed by atoms with Crippen LogP contribution in [0.1, 0.15) is 5.82 Å². The number of nitrogens with zero attached hydrogens (tertiary/aromatic N) is 1. The van der Waals surface area contributed by atoms with Gasteiger partial charge in [0, 0.05) is 6.07 Å². The van der Waals surface area contributed by atoms with Crippen LogP contribution in [0.15, 0.2) is 18.2 Å². The van der Waals surface area contributed by atoms with Gasteiger partial charge in [-0.25, -0.2) is 4.98 Å². The molecule has 0 amide bonds. The Labute approximate surface area is 74.5 Å². The summed E-state index contributed by atoms with van der Waals surface area (Å²) in [5.41, 5.74) is 1.74. The molecule has 0 spiro atoms. The van der Waals surface area contributed by atoms with E-state index in [0.29, 0.717) is 12.2 Å². The van der Waals surface area contributed by atoms with Crippen molar-refractivity contribution < 1.29 is 9.53 Å². The Bertz CT molecular complexity index is 448. The van der Waals surface area contributed by atoms with Crippen molar-refractivity contribution in [2.75, 3.05) is 0 Å². The Morgan fingerprint density at radius 1 is 1.54 bits per heavy atom. The standard InChI is InChI=1S/C9H8N2O2/c1-6-10-8-3-2-7(13-5-12)4-9(8)11-6/h2-5H,1H3,(H,10,11). The number of benzene rings is 1. The number of aryl methyl sites for hydroxylation is 1. The number of ether oxygens (including phenoxy) is 1. The molecule has 0 aliphatic heterocycles. The van der Waals surface area contributed by atoms with Gasteiger partial charge in [0.15, 0.2) is 0 Å². The van der Waals surface area contributed by atoms with Crippen LogP contribution in [0.4, 0.5) is 0 Å². The fraction of sp³-hybridized carbons (Fsp3) is 0.111. The van der Waals surface area contributed by atoms with E-state index in [0.717, 1.165) is 16.9 Å². The molecule has 0 radical (unpaired) electrons. The van der Waals surface area contributed by atoms with E-state index in [-0.39, 0.29) is 0 Å². The summed E-state index contributed by atoms with van der Waals surface area (Å²) in [7, 11) is 0. The minimum absolute atomic E-state index is 0.407. The summed E-state index contributed by atoms with van der Waals surface area (Å²) >= 11 is 0. The molecule has 0 saturated carbocycles. The highest BCUT2D eigenvalue weighted by Gasteiger charge is 2.00. The van der Waals surface area contributed by atoms with Crippen LogP contribution in [0, 0.1) is 6.92 Å². The second-order valence-electron chi connectivity index (χ2n) is 2.72. The molecule has 0 bridgehead atoms. The lowest BCUT2D eigenvalue weighted by molar-refractivity contribution is -0.120. The Kier molecular flexibility index (Phi) is 1.73. The molecular weight excluding hydrogens is 168 g/mol. The highest BCUT2D eigenvalue weighted by molar-refractivity contribution is 5.77. The number of aromatic amines is 1. The van der Waals surface area contributed by atoms with Gasteiger partial charge in [-0.1, -0.05) is 0 Å². The fourth-order valence-electron chi connectivity index (χ4n) is 1.25. The summed E-state index contributed by atoms with van der Waals surface area (Å²) in [6, 6.07) is 5.25. The lowest BCUT2D eigenvalue weighted by Crippen LogP contribution is -1.87. The van der Waals surface area contributed by atoms with Crippen molar-refractivity contribution in [3.05, 3.63) is 24.0 Å². The van der Waals surface area contributed by atoms with Gasteiger partial charge in [-0.2, -0.15) is 0 Å². The third-order valence-corrected chi connectivity index (χ3v) is 1.76. The van der Waals surface area contributed by atoms with E-state index >= 15 is 0 Å². The molecule has 2 rings (SSSR count). The van der Waals surface area contributed by atoms with E-state index in [1.807, 2.05) is 6.92 Å². The van der Waals surface area contributed by atoms with Crippen LogP contribution in [0.3, 0.4) is 0 Å². The molecule has 1 aromatic heterocycles. The van der Waals surface area contributed by atoms with E-state index in [2.05, 4.69) is 9.97 Å². The third kappa shape index (κ3) is 1.38. The normalized spacial score (nSPS) is 10.2. The van der Waals surface area contributed by atoms with Gasteiger partial charge >= 0.3 is 0 Å². The molecule has 1 heterocycles. The summed E-state index contributed by atoms with van der Waals surface area (Å²) in [5.74, 6) is 1.37. The minimum Gasteiger partial charge on any atom is -0.429 e. The molecular formula is C9H8N2O2. The molecule has 1 N–H and O–H groups in total. The quantitative estimate of drug-likeness (QED) is 0.704. The van der Waals surface area contributed by atoms with Gasteiger partial charge < -0.3 is 9.72 Å². The maximum Gasteiger partial charge on any atom is 0.298 e. The summed E-state index contributed by atoms with van der Waals surface area (Å²) < 4.78 is 4.69. The fourth-order valence-corrected chi connectivity index (χ4v) is 1.25. The predicted octanol–water partition coefficient (Wildman–Crippen LogP) is 1.41. The molecule has 66 valence electrons. The second kappa shape index (κ2) is 2.90. The van der Waals surface area contributed by atoms with E-state index in [4.69, 9.17) is 4.74 Å². The maximum absolute atomic E-state index is 10.1. The summed E-state index contributed by atoms with van der Waals surface area (Å²) in [5, 5.41) is 0. The van der Waals surface area contributed by atoms with Crippen molar-refractivity contribution in [1.29, 1.82) is 0 Å². The molecule has 4 nitrogen and oxygen atoms in total. The number of aromatic nitrogens is 2. The number of nitrogens with one attached hydrogen (secondary N) is 1. The highest BCUT2D eigenvalue weighted by atomic mass is 16.5. The van der Waals surface area contributed by atoms with Gasteiger partial charge in [0.05, 0.1) is 11.0 Å². The predicted molar refractivity (Wildman–Crippen MR) is 47.5 cm³/mol. The van der Waals surface area contributed by atoms with Crippen molar-refractivity contribution >= 4 is 17.5 Å². The molecule has 0 atom stereocenters. The molecule has 1 aromatic carbocycles. The van der Waals surface area contributed by atoms with Crippen molar-refractivity contribution in [1.82, 2.24) is 9.97 Å². The van der Waals surface area contributed by atoms with E-state index in [1.165, 1.54) is 0 Å². The highest BCUT2D eigenvalue weighted by Crippen LogP contribution is 2.18. The van der Waals surface area contributed by atoms with Crippen LogP contribution >= 0.6 is 0 Å². The first kappa shape index (κ1) is 7.79. The number of imidazole rings is 1. The number of carbonyl (C=O) groups is 1. The zero-order valence-electron chi connectivity index (χ0n) is 7.07. The average Bonchev–Trinajstić information content (AvgIpc) is 2.44. The van der Waals surface area contributed by atoms with Crippen molar-refractivity contribution in [2.45, 2.75) is 6.92 Å². The third-order valence-electron chi connectivity index (χ3n) is 1.76. The zero-order chi connectivity index (χ0) is 9.26. The Morgan fingerprint density at radius 2 is 2.38 bits per heavy atom. The number of H-pyrrole nitrogens is 1. The number of hydrogen-bond donors (Lipinski definition) is 1.